The number of benzene rings is 2. The molecule has 0 bridgehead atoms. The predicted molar refractivity (Wildman–Crippen MR) is 65.9 cm³/mol. The number of carbonyl (C=O) groups is 1. The first-order valence-corrected chi connectivity index (χ1v) is 5.60. The Morgan fingerprint density at radius 3 is 2.24 bits per heavy atom. The van der Waals surface area contributed by atoms with Gasteiger partial charge in [-0.1, -0.05) is 54.6 Å². The lowest BCUT2D eigenvalue weighted by Gasteiger charge is -2.08. The number of aryl methyl sites for hydroxylation is 1. The minimum absolute atomic E-state index is 0.0594. The van der Waals surface area contributed by atoms with Crippen molar-refractivity contribution in [2.24, 2.45) is 0 Å². The van der Waals surface area contributed by atoms with Crippen LogP contribution in [0.5, 0.6) is 0 Å². The molecular weight excluding hydrogens is 212 g/mol. The quantitative estimate of drug-likeness (QED) is 0.786. The van der Waals surface area contributed by atoms with Crippen LogP contribution in [0.2, 0.25) is 0 Å². The summed E-state index contributed by atoms with van der Waals surface area (Å²) < 4.78 is 0. The van der Waals surface area contributed by atoms with Crippen LogP contribution in [0, 0.1) is 0 Å². The second-order valence-electron chi connectivity index (χ2n) is 3.90. The first kappa shape index (κ1) is 11.4. The molecule has 0 atom stereocenters. The van der Waals surface area contributed by atoms with Gasteiger partial charge in [0.05, 0.1) is 6.42 Å². The molecule has 2 nitrogen and oxygen atoms in total. The molecule has 0 aliphatic carbocycles. The Balaban J connectivity index is 2.31. The minimum atomic E-state index is -1.01. The standard InChI is InChI=1S/C15H13O2/c16-15(17)11-10-13-8-4-5-9-14(13)12-6-2-1-3-7-12/h1-9H,10-11H2. The van der Waals surface area contributed by atoms with Crippen LogP contribution < -0.4 is 0 Å². The van der Waals surface area contributed by atoms with Crippen LogP contribution in [0.4, 0.5) is 0 Å². The van der Waals surface area contributed by atoms with Crippen LogP contribution >= 0.6 is 0 Å². The summed E-state index contributed by atoms with van der Waals surface area (Å²) in [4.78, 5) is 10.5. The highest BCUT2D eigenvalue weighted by Gasteiger charge is 2.06. The summed E-state index contributed by atoms with van der Waals surface area (Å²) in [6.07, 6.45) is 0.567. The fourth-order valence-corrected chi connectivity index (χ4v) is 1.87. The molecule has 0 spiro atoms. The second-order valence-corrected chi connectivity index (χ2v) is 3.90. The maximum atomic E-state index is 10.5. The van der Waals surface area contributed by atoms with Crippen LogP contribution in [-0.2, 0) is 16.3 Å². The summed E-state index contributed by atoms with van der Waals surface area (Å²) >= 11 is 0. The van der Waals surface area contributed by atoms with Crippen molar-refractivity contribution in [2.75, 3.05) is 0 Å². The molecule has 0 aliphatic rings. The van der Waals surface area contributed by atoms with Crippen LogP contribution in [0.15, 0.2) is 54.6 Å². The largest absolute Gasteiger partial charge is 0.355 e. The van der Waals surface area contributed by atoms with Gasteiger partial charge in [-0.25, -0.2) is 9.90 Å². The number of rotatable bonds is 4. The summed E-state index contributed by atoms with van der Waals surface area (Å²) in [6, 6.07) is 17.8. The predicted octanol–water partition coefficient (Wildman–Crippen LogP) is 3.24. The molecule has 2 rings (SSSR count). The Kier molecular flexibility index (Phi) is 3.55. The van der Waals surface area contributed by atoms with Crippen LogP contribution in [0.25, 0.3) is 11.1 Å². The number of carbonyl (C=O) groups excluding carboxylic acids is 1. The van der Waals surface area contributed by atoms with Crippen molar-refractivity contribution < 1.29 is 9.90 Å². The van der Waals surface area contributed by atoms with E-state index in [4.69, 9.17) is 0 Å². The van der Waals surface area contributed by atoms with Crippen molar-refractivity contribution >= 4 is 5.97 Å². The van der Waals surface area contributed by atoms with Gasteiger partial charge in [-0.05, 0) is 23.1 Å². The fourth-order valence-electron chi connectivity index (χ4n) is 1.87. The van der Waals surface area contributed by atoms with E-state index >= 15 is 0 Å². The Bertz CT molecular complexity index is 503. The second kappa shape index (κ2) is 5.30. The molecule has 0 fully saturated rings. The van der Waals surface area contributed by atoms with E-state index in [-0.39, 0.29) is 6.42 Å². The molecule has 2 aromatic rings. The molecule has 0 saturated heterocycles. The lowest BCUT2D eigenvalue weighted by molar-refractivity contribution is -0.143. The van der Waals surface area contributed by atoms with Gasteiger partial charge in [0, 0.05) is 0 Å². The molecule has 2 heteroatoms. The lowest BCUT2D eigenvalue weighted by Crippen LogP contribution is -1.97. The van der Waals surface area contributed by atoms with Gasteiger partial charge in [0.15, 0.2) is 0 Å². The summed E-state index contributed by atoms with van der Waals surface area (Å²) in [5.41, 5.74) is 3.25. The zero-order chi connectivity index (χ0) is 12.1. The zero-order valence-electron chi connectivity index (χ0n) is 9.43. The third kappa shape index (κ3) is 2.94. The smallest absolute Gasteiger partial charge is 0.247 e. The van der Waals surface area contributed by atoms with Gasteiger partial charge in [0.25, 0.3) is 0 Å². The summed E-state index contributed by atoms with van der Waals surface area (Å²) in [5.74, 6) is -1.01. The van der Waals surface area contributed by atoms with E-state index in [1.807, 2.05) is 54.6 Å². The fraction of sp³-hybridized carbons (Fsp3) is 0.133. The van der Waals surface area contributed by atoms with Gasteiger partial charge < -0.3 is 0 Å². The summed E-state index contributed by atoms with van der Waals surface area (Å²) in [7, 11) is 0. The molecule has 2 aromatic carbocycles. The van der Waals surface area contributed by atoms with Crippen LogP contribution in [-0.4, -0.2) is 5.97 Å². The molecule has 0 saturated carbocycles. The van der Waals surface area contributed by atoms with E-state index in [1.165, 1.54) is 0 Å². The van der Waals surface area contributed by atoms with Gasteiger partial charge in [0.1, 0.15) is 0 Å². The van der Waals surface area contributed by atoms with E-state index in [1.54, 1.807) is 0 Å². The SMILES string of the molecule is [O]C(=O)CCc1ccccc1-c1ccccc1. The molecule has 0 unspecified atom stereocenters. The maximum Gasteiger partial charge on any atom is 0.355 e. The molecule has 0 N–H and O–H groups in total. The molecule has 0 aliphatic heterocycles. The topological polar surface area (TPSA) is 37.0 Å². The Hall–Kier alpha value is -2.09. The molecular formula is C15H13O2. The van der Waals surface area contributed by atoms with Gasteiger partial charge in [-0.15, -0.1) is 0 Å². The van der Waals surface area contributed by atoms with E-state index in [0.717, 1.165) is 16.7 Å². The van der Waals surface area contributed by atoms with E-state index < -0.39 is 5.97 Å². The molecule has 0 amide bonds. The highest BCUT2D eigenvalue weighted by atomic mass is 16.4. The zero-order valence-corrected chi connectivity index (χ0v) is 9.43. The first-order valence-electron chi connectivity index (χ1n) is 5.60. The molecule has 0 heterocycles. The third-order valence-electron chi connectivity index (χ3n) is 2.70. The van der Waals surface area contributed by atoms with E-state index in [0.29, 0.717) is 6.42 Å². The number of hydrogen-bond donors (Lipinski definition) is 0. The first-order chi connectivity index (χ1) is 8.27. The minimum Gasteiger partial charge on any atom is -0.247 e. The average molecular weight is 225 g/mol. The highest BCUT2D eigenvalue weighted by molar-refractivity contribution is 5.70. The van der Waals surface area contributed by atoms with Gasteiger partial charge in [-0.3, -0.25) is 0 Å². The van der Waals surface area contributed by atoms with Crippen LogP contribution in [0.3, 0.4) is 0 Å². The van der Waals surface area contributed by atoms with Gasteiger partial charge in [-0.2, -0.15) is 0 Å². The molecule has 17 heavy (non-hydrogen) atoms. The van der Waals surface area contributed by atoms with E-state index in [9.17, 15) is 9.90 Å². The van der Waals surface area contributed by atoms with Crippen molar-refractivity contribution in [1.29, 1.82) is 0 Å². The van der Waals surface area contributed by atoms with Crippen LogP contribution in [0.1, 0.15) is 12.0 Å². The van der Waals surface area contributed by atoms with Gasteiger partial charge in [0.2, 0.25) is 0 Å². The Morgan fingerprint density at radius 2 is 1.53 bits per heavy atom. The number of hydrogen-bond acceptors (Lipinski definition) is 1. The van der Waals surface area contributed by atoms with Gasteiger partial charge >= 0.3 is 5.97 Å². The van der Waals surface area contributed by atoms with Crippen molar-refractivity contribution in [3.63, 3.8) is 0 Å². The highest BCUT2D eigenvalue weighted by Crippen LogP contribution is 2.24. The van der Waals surface area contributed by atoms with Crippen molar-refractivity contribution in [1.82, 2.24) is 0 Å². The monoisotopic (exact) mass is 225 g/mol. The van der Waals surface area contributed by atoms with Crippen molar-refractivity contribution in [3.05, 3.63) is 60.2 Å². The summed E-state index contributed by atoms with van der Waals surface area (Å²) in [6.45, 7) is 0. The molecule has 85 valence electrons. The normalized spacial score (nSPS) is 10.1. The molecule has 1 radical (unpaired) electrons. The Labute approximate surface area is 101 Å². The average Bonchev–Trinajstić information content (AvgIpc) is 2.38. The molecule has 0 aromatic heterocycles. The van der Waals surface area contributed by atoms with Crippen molar-refractivity contribution in [2.45, 2.75) is 12.8 Å². The summed E-state index contributed by atoms with van der Waals surface area (Å²) in [5, 5.41) is 10.5. The lowest BCUT2D eigenvalue weighted by atomic mass is 9.97. The maximum absolute atomic E-state index is 10.5. The van der Waals surface area contributed by atoms with E-state index in [2.05, 4.69) is 0 Å². The third-order valence-corrected chi connectivity index (χ3v) is 2.70. The Morgan fingerprint density at radius 1 is 0.882 bits per heavy atom. The van der Waals surface area contributed by atoms with Crippen molar-refractivity contribution in [3.8, 4) is 11.1 Å².